The number of ether oxygens (including phenoxy) is 2. The lowest BCUT2D eigenvalue weighted by atomic mass is 9.89. The maximum absolute atomic E-state index is 13.7. The van der Waals surface area contributed by atoms with Crippen molar-refractivity contribution in [3.63, 3.8) is 0 Å². The summed E-state index contributed by atoms with van der Waals surface area (Å²) in [6.45, 7) is 9.79. The van der Waals surface area contributed by atoms with E-state index in [1.165, 1.54) is 147 Å². The van der Waals surface area contributed by atoms with E-state index in [1.807, 2.05) is 6.07 Å². The van der Waals surface area contributed by atoms with Gasteiger partial charge in [0.05, 0.1) is 18.8 Å². The van der Waals surface area contributed by atoms with Crippen molar-refractivity contribution in [1.29, 1.82) is 0 Å². The number of carbonyl (C=O) groups excluding carboxylic acids is 1. The molecule has 1 aliphatic heterocycles. The van der Waals surface area contributed by atoms with Crippen LogP contribution in [0.15, 0.2) is 30.3 Å². The van der Waals surface area contributed by atoms with E-state index in [-0.39, 0.29) is 30.5 Å². The highest BCUT2D eigenvalue weighted by Gasteiger charge is 2.29. The Morgan fingerprint density at radius 3 is 1.63 bits per heavy atom. The van der Waals surface area contributed by atoms with Crippen LogP contribution in [0, 0.1) is 5.92 Å². The van der Waals surface area contributed by atoms with Crippen LogP contribution in [0.3, 0.4) is 0 Å². The van der Waals surface area contributed by atoms with Gasteiger partial charge in [0.2, 0.25) is 5.91 Å². The zero-order valence-electron chi connectivity index (χ0n) is 34.1. The molecule has 1 heterocycles. The molecule has 2 rings (SSSR count). The number of hydrogen-bond donors (Lipinski definition) is 3. The van der Waals surface area contributed by atoms with Gasteiger partial charge in [-0.2, -0.15) is 0 Å². The first-order chi connectivity index (χ1) is 25.2. The van der Waals surface area contributed by atoms with Crippen molar-refractivity contribution in [2.75, 3.05) is 39.5 Å². The smallest absolute Gasteiger partial charge is 0.237 e. The van der Waals surface area contributed by atoms with Crippen LogP contribution in [0.2, 0.25) is 0 Å². The second-order valence-electron chi connectivity index (χ2n) is 15.5. The molecular formula is C45H84ClN3O3. The summed E-state index contributed by atoms with van der Waals surface area (Å²) >= 11 is 0. The molecule has 3 N–H and O–H groups in total. The highest BCUT2D eigenvalue weighted by atomic mass is 35.5. The van der Waals surface area contributed by atoms with Crippen LogP contribution in [-0.2, 0) is 20.8 Å². The number of amides is 1. The van der Waals surface area contributed by atoms with Gasteiger partial charge < -0.3 is 25.4 Å². The number of benzene rings is 1. The summed E-state index contributed by atoms with van der Waals surface area (Å²) in [5.74, 6) is 0.426. The number of halogens is 1. The van der Waals surface area contributed by atoms with E-state index in [0.717, 1.165) is 52.0 Å². The average Bonchev–Trinajstić information content (AvgIpc) is 3.16. The van der Waals surface area contributed by atoms with Gasteiger partial charge in [0, 0.05) is 26.3 Å². The van der Waals surface area contributed by atoms with Gasteiger partial charge in [0.15, 0.2) is 0 Å². The second-order valence-corrected chi connectivity index (χ2v) is 15.5. The zero-order chi connectivity index (χ0) is 36.3. The van der Waals surface area contributed by atoms with Gasteiger partial charge >= 0.3 is 0 Å². The van der Waals surface area contributed by atoms with Crippen molar-refractivity contribution in [1.82, 2.24) is 16.0 Å². The Labute approximate surface area is 328 Å². The lowest BCUT2D eigenvalue weighted by Crippen LogP contribution is -2.52. The number of piperidine rings is 1. The maximum atomic E-state index is 13.7. The van der Waals surface area contributed by atoms with Crippen LogP contribution >= 0.6 is 12.4 Å². The molecule has 2 unspecified atom stereocenters. The number of unbranched alkanes of at least 4 members (excludes halogenated alkanes) is 22. The fraction of sp³-hybridized carbons (Fsp3) is 0.844. The van der Waals surface area contributed by atoms with Crippen LogP contribution in [0.1, 0.15) is 186 Å². The van der Waals surface area contributed by atoms with E-state index in [0.29, 0.717) is 25.6 Å². The van der Waals surface area contributed by atoms with Gasteiger partial charge in [-0.15, -0.1) is 12.4 Å². The molecule has 6 nitrogen and oxygen atoms in total. The highest BCUT2D eigenvalue weighted by Crippen LogP contribution is 2.18. The van der Waals surface area contributed by atoms with Crippen LogP contribution in [0.25, 0.3) is 0 Å². The highest BCUT2D eigenvalue weighted by molar-refractivity contribution is 5.85. The van der Waals surface area contributed by atoms with Crippen molar-refractivity contribution < 1.29 is 14.3 Å². The molecule has 1 amide bonds. The van der Waals surface area contributed by atoms with E-state index in [1.54, 1.807) is 0 Å². The van der Waals surface area contributed by atoms with Crippen molar-refractivity contribution in [3.05, 3.63) is 35.9 Å². The minimum absolute atomic E-state index is 0. The van der Waals surface area contributed by atoms with Crippen LogP contribution in [0.5, 0.6) is 0 Å². The van der Waals surface area contributed by atoms with Gasteiger partial charge in [-0.25, -0.2) is 0 Å². The van der Waals surface area contributed by atoms with Crippen molar-refractivity contribution >= 4 is 18.3 Å². The molecule has 0 radical (unpaired) electrons. The first-order valence-electron chi connectivity index (χ1n) is 22.2. The molecule has 2 atom stereocenters. The van der Waals surface area contributed by atoms with E-state index >= 15 is 0 Å². The quantitative estimate of drug-likeness (QED) is 0.0596. The standard InChI is InChI=1S/C45H83N3O3.ClH/c1-3-5-7-9-11-13-15-17-19-21-23-28-36-50-40-43(51-37-29-24-22-20-18-16-14-12-10-8-6-4-2)39-48-45(49)44(42-32-34-46-35-33-42)47-38-41-30-26-25-27-31-41;/h25-27,30-31,42-44,46-47H,3-24,28-29,32-40H2,1-2H3,(H,48,49);1H. The molecule has 1 fully saturated rings. The second kappa shape index (κ2) is 36.8. The molecule has 7 heteroatoms. The molecule has 1 saturated heterocycles. The summed E-state index contributed by atoms with van der Waals surface area (Å²) in [6.07, 6.45) is 34.1. The van der Waals surface area contributed by atoms with E-state index in [2.05, 4.69) is 54.1 Å². The number of rotatable bonds is 36. The zero-order valence-corrected chi connectivity index (χ0v) is 34.9. The Balaban J connectivity index is 0.0000135. The van der Waals surface area contributed by atoms with Crippen LogP contribution in [-0.4, -0.2) is 57.5 Å². The van der Waals surface area contributed by atoms with Gasteiger partial charge in [0.25, 0.3) is 0 Å². The van der Waals surface area contributed by atoms with Crippen molar-refractivity contribution in [2.45, 2.75) is 199 Å². The Kier molecular flexibility index (Phi) is 34.5. The van der Waals surface area contributed by atoms with Gasteiger partial charge in [0.1, 0.15) is 0 Å². The molecule has 52 heavy (non-hydrogen) atoms. The fourth-order valence-corrected chi connectivity index (χ4v) is 7.42. The molecule has 0 aliphatic carbocycles. The van der Waals surface area contributed by atoms with Crippen molar-refractivity contribution in [2.24, 2.45) is 5.92 Å². The topological polar surface area (TPSA) is 71.6 Å². The molecule has 1 aromatic rings. The van der Waals surface area contributed by atoms with Gasteiger partial charge in [-0.05, 0) is 50.3 Å². The van der Waals surface area contributed by atoms with Gasteiger partial charge in [-0.1, -0.05) is 185 Å². The third kappa shape index (κ3) is 27.4. The lowest BCUT2D eigenvalue weighted by molar-refractivity contribution is -0.125. The van der Waals surface area contributed by atoms with E-state index in [4.69, 9.17) is 9.47 Å². The number of carbonyl (C=O) groups is 1. The summed E-state index contributed by atoms with van der Waals surface area (Å²) in [6, 6.07) is 10.2. The molecule has 0 spiro atoms. The average molecular weight is 751 g/mol. The fourth-order valence-electron chi connectivity index (χ4n) is 7.42. The minimum atomic E-state index is -0.203. The summed E-state index contributed by atoms with van der Waals surface area (Å²) in [4.78, 5) is 13.7. The first kappa shape index (κ1) is 48.8. The van der Waals surface area contributed by atoms with Crippen LogP contribution in [0.4, 0.5) is 0 Å². The Morgan fingerprint density at radius 1 is 0.673 bits per heavy atom. The number of nitrogens with one attached hydrogen (secondary N) is 3. The summed E-state index contributed by atoms with van der Waals surface area (Å²) in [5.41, 5.74) is 1.21. The third-order valence-electron chi connectivity index (χ3n) is 10.8. The molecule has 0 bridgehead atoms. The molecule has 304 valence electrons. The monoisotopic (exact) mass is 750 g/mol. The third-order valence-corrected chi connectivity index (χ3v) is 10.8. The molecule has 1 aliphatic rings. The summed E-state index contributed by atoms with van der Waals surface area (Å²) < 4.78 is 12.5. The molecule has 1 aromatic carbocycles. The minimum Gasteiger partial charge on any atom is -0.379 e. The Bertz CT molecular complexity index is 886. The molecule has 0 saturated carbocycles. The first-order valence-corrected chi connectivity index (χ1v) is 22.2. The predicted molar refractivity (Wildman–Crippen MR) is 226 cm³/mol. The van der Waals surface area contributed by atoms with Crippen molar-refractivity contribution in [3.8, 4) is 0 Å². The van der Waals surface area contributed by atoms with E-state index in [9.17, 15) is 4.79 Å². The molecule has 0 aromatic heterocycles. The normalized spacial score (nSPS) is 14.6. The summed E-state index contributed by atoms with van der Waals surface area (Å²) in [5, 5.41) is 10.4. The van der Waals surface area contributed by atoms with Crippen LogP contribution < -0.4 is 16.0 Å². The molecular weight excluding hydrogens is 666 g/mol. The largest absolute Gasteiger partial charge is 0.379 e. The Morgan fingerprint density at radius 2 is 1.13 bits per heavy atom. The van der Waals surface area contributed by atoms with Gasteiger partial charge in [-0.3, -0.25) is 4.79 Å². The lowest BCUT2D eigenvalue weighted by Gasteiger charge is -2.31. The Hall–Kier alpha value is -1.18. The summed E-state index contributed by atoms with van der Waals surface area (Å²) in [7, 11) is 0. The maximum Gasteiger partial charge on any atom is 0.237 e. The van der Waals surface area contributed by atoms with E-state index < -0.39 is 0 Å². The SMILES string of the molecule is CCCCCCCCCCCCCCOCC(CNC(=O)C(NCc1ccccc1)C1CCNCC1)OCCCCCCCCCCCCCC.Cl. The predicted octanol–water partition coefficient (Wildman–Crippen LogP) is 11.5. The number of hydrogen-bond acceptors (Lipinski definition) is 5.